The topological polar surface area (TPSA) is 0 Å². The van der Waals surface area contributed by atoms with Gasteiger partial charge in [0.15, 0.2) is 0 Å². The van der Waals surface area contributed by atoms with Gasteiger partial charge in [0.2, 0.25) is 0 Å². The lowest BCUT2D eigenvalue weighted by atomic mass is 9.91. The smallest absolute Gasteiger partial charge is 0.000718 e. The summed E-state index contributed by atoms with van der Waals surface area (Å²) in [5.74, 6) is 0. The molecule has 0 saturated heterocycles. The zero-order chi connectivity index (χ0) is 18.9. The van der Waals surface area contributed by atoms with Gasteiger partial charge in [-0.1, -0.05) is 95.5 Å². The van der Waals surface area contributed by atoms with E-state index in [1.807, 2.05) is 0 Å². The Morgan fingerprint density at radius 2 is 1.41 bits per heavy atom. The molecule has 0 heteroatoms. The molecule has 27 heavy (non-hydrogen) atoms. The van der Waals surface area contributed by atoms with E-state index in [2.05, 4.69) is 50.2 Å². The molecule has 145 valence electrons. The van der Waals surface area contributed by atoms with Gasteiger partial charge in [0, 0.05) is 0 Å². The molecule has 1 aliphatic rings. The largest absolute Gasteiger partial charge is 0.0654 e. The normalized spacial score (nSPS) is 12.2. The van der Waals surface area contributed by atoms with Gasteiger partial charge < -0.3 is 0 Å². The Morgan fingerprint density at radius 3 is 2.15 bits per heavy atom. The summed E-state index contributed by atoms with van der Waals surface area (Å²) in [4.78, 5) is 0. The predicted molar refractivity (Wildman–Crippen MR) is 118 cm³/mol. The van der Waals surface area contributed by atoms with Gasteiger partial charge in [-0.05, 0) is 71.6 Å². The van der Waals surface area contributed by atoms with E-state index in [1.165, 1.54) is 105 Å². The fraction of sp³-hybridized carbons (Fsp3) is 0.556. The second-order valence-electron chi connectivity index (χ2n) is 8.33. The lowest BCUT2D eigenvalue weighted by Gasteiger charge is -2.13. The van der Waals surface area contributed by atoms with E-state index in [9.17, 15) is 0 Å². The maximum absolute atomic E-state index is 3.88. The summed E-state index contributed by atoms with van der Waals surface area (Å²) in [7, 11) is 0. The molecule has 2 aromatic rings. The molecule has 0 aromatic heterocycles. The molecule has 3 rings (SSSR count). The van der Waals surface area contributed by atoms with Gasteiger partial charge in [-0.15, -0.1) is 0 Å². The summed E-state index contributed by atoms with van der Waals surface area (Å²) in [5, 5.41) is 0. The van der Waals surface area contributed by atoms with Gasteiger partial charge in [0.25, 0.3) is 0 Å². The lowest BCUT2D eigenvalue weighted by Crippen LogP contribution is -1.99. The van der Waals surface area contributed by atoms with Crippen LogP contribution in [0, 0.1) is 6.07 Å². The molecule has 0 spiro atoms. The minimum absolute atomic E-state index is 1.07. The molecule has 0 heterocycles. The fourth-order valence-corrected chi connectivity index (χ4v) is 4.46. The molecule has 0 nitrogen and oxygen atoms in total. The molecule has 0 N–H and O–H groups in total. The summed E-state index contributed by atoms with van der Waals surface area (Å²) in [6.45, 7) is 4.59. The second kappa shape index (κ2) is 10.7. The third-order valence-corrected chi connectivity index (χ3v) is 6.09. The lowest BCUT2D eigenvalue weighted by molar-refractivity contribution is 0.620. The highest BCUT2D eigenvalue weighted by atomic mass is 14.2. The van der Waals surface area contributed by atoms with Crippen molar-refractivity contribution in [2.45, 2.75) is 97.3 Å². The molecule has 0 aliphatic heterocycles. The first-order valence-corrected chi connectivity index (χ1v) is 11.5. The standard InChI is InChI=1S/C27H37/c1-3-5-7-9-11-15-22-19-25-20-24-17-13-14-18-26(24)27(25)21-23(22)16-12-10-8-6-4-2/h13-14,17-18,21H,3-12,15-16,20H2,1-2H3. The van der Waals surface area contributed by atoms with Crippen molar-refractivity contribution < 1.29 is 0 Å². The van der Waals surface area contributed by atoms with Gasteiger partial charge >= 0.3 is 0 Å². The highest BCUT2D eigenvalue weighted by Crippen LogP contribution is 2.38. The Hall–Kier alpha value is -1.56. The van der Waals surface area contributed by atoms with Crippen LogP contribution in [0.25, 0.3) is 11.1 Å². The van der Waals surface area contributed by atoms with Crippen LogP contribution in [0.2, 0.25) is 0 Å². The molecule has 2 aromatic carbocycles. The third kappa shape index (κ3) is 5.47. The molecular weight excluding hydrogens is 324 g/mol. The minimum atomic E-state index is 1.07. The van der Waals surface area contributed by atoms with Crippen molar-refractivity contribution in [3.8, 4) is 11.1 Å². The molecule has 1 radical (unpaired) electrons. The first-order chi connectivity index (χ1) is 13.3. The maximum Gasteiger partial charge on any atom is -0.000718 e. The molecule has 0 saturated carbocycles. The molecule has 0 atom stereocenters. The van der Waals surface area contributed by atoms with Crippen molar-refractivity contribution in [3.63, 3.8) is 0 Å². The predicted octanol–water partition coefficient (Wildman–Crippen LogP) is 8.08. The van der Waals surface area contributed by atoms with Crippen LogP contribution < -0.4 is 0 Å². The van der Waals surface area contributed by atoms with Gasteiger partial charge in [0.1, 0.15) is 0 Å². The summed E-state index contributed by atoms with van der Waals surface area (Å²) >= 11 is 0. The Morgan fingerprint density at radius 1 is 0.741 bits per heavy atom. The molecule has 1 aliphatic carbocycles. The van der Waals surface area contributed by atoms with Crippen molar-refractivity contribution >= 4 is 0 Å². The van der Waals surface area contributed by atoms with E-state index in [0.717, 1.165) is 6.42 Å². The Balaban J connectivity index is 1.71. The van der Waals surface area contributed by atoms with Crippen LogP contribution in [-0.2, 0) is 19.3 Å². The Bertz CT molecular complexity index is 710. The first-order valence-electron chi connectivity index (χ1n) is 11.5. The number of benzene rings is 2. The summed E-state index contributed by atoms with van der Waals surface area (Å²) < 4.78 is 0. The molecular formula is C27H37. The average Bonchev–Trinajstić information content (AvgIpc) is 3.05. The van der Waals surface area contributed by atoms with E-state index in [-0.39, 0.29) is 0 Å². The quantitative estimate of drug-likeness (QED) is 0.286. The molecule has 0 bridgehead atoms. The van der Waals surface area contributed by atoms with E-state index >= 15 is 0 Å². The van der Waals surface area contributed by atoms with Crippen LogP contribution in [0.4, 0.5) is 0 Å². The highest BCUT2D eigenvalue weighted by molar-refractivity contribution is 5.77. The Labute approximate surface area is 167 Å². The van der Waals surface area contributed by atoms with Crippen LogP contribution in [0.15, 0.2) is 30.3 Å². The van der Waals surface area contributed by atoms with Gasteiger partial charge in [-0.25, -0.2) is 0 Å². The molecule has 0 unspecified atom stereocenters. The zero-order valence-corrected chi connectivity index (χ0v) is 17.6. The average molecular weight is 362 g/mol. The van der Waals surface area contributed by atoms with Crippen LogP contribution in [0.3, 0.4) is 0 Å². The van der Waals surface area contributed by atoms with Crippen LogP contribution in [-0.4, -0.2) is 0 Å². The van der Waals surface area contributed by atoms with E-state index in [1.54, 1.807) is 5.56 Å². The Kier molecular flexibility index (Phi) is 7.99. The van der Waals surface area contributed by atoms with Crippen LogP contribution in [0.1, 0.15) is 100 Å². The van der Waals surface area contributed by atoms with Crippen molar-refractivity contribution in [1.82, 2.24) is 0 Å². The monoisotopic (exact) mass is 361 g/mol. The van der Waals surface area contributed by atoms with Crippen molar-refractivity contribution in [3.05, 3.63) is 58.7 Å². The number of aryl methyl sites for hydroxylation is 2. The summed E-state index contributed by atoms with van der Waals surface area (Å²) in [6, 6.07) is 15.4. The van der Waals surface area contributed by atoms with Crippen molar-refractivity contribution in [2.75, 3.05) is 0 Å². The highest BCUT2D eigenvalue weighted by Gasteiger charge is 2.20. The van der Waals surface area contributed by atoms with E-state index < -0.39 is 0 Å². The maximum atomic E-state index is 3.88. The number of unbranched alkanes of at least 4 members (excludes halogenated alkanes) is 8. The van der Waals surface area contributed by atoms with E-state index in [0.29, 0.717) is 0 Å². The summed E-state index contributed by atoms with van der Waals surface area (Å²) in [6.07, 6.45) is 17.1. The molecule has 0 amide bonds. The number of hydrogen-bond acceptors (Lipinski definition) is 0. The van der Waals surface area contributed by atoms with Crippen molar-refractivity contribution in [1.29, 1.82) is 0 Å². The number of rotatable bonds is 12. The SMILES string of the molecule is CCCCCCCc1[c]c2c(cc1CCCCCCC)-c1ccccc1C2. The van der Waals surface area contributed by atoms with Gasteiger partial charge in [-0.3, -0.25) is 0 Å². The summed E-state index contributed by atoms with van der Waals surface area (Å²) in [5.41, 5.74) is 8.94. The minimum Gasteiger partial charge on any atom is -0.0654 e. The van der Waals surface area contributed by atoms with Gasteiger partial charge in [0.05, 0.1) is 0 Å². The third-order valence-electron chi connectivity index (χ3n) is 6.09. The van der Waals surface area contributed by atoms with Gasteiger partial charge in [-0.2, -0.15) is 0 Å². The molecule has 0 fully saturated rings. The first kappa shape index (κ1) is 20.2. The van der Waals surface area contributed by atoms with E-state index in [4.69, 9.17) is 0 Å². The van der Waals surface area contributed by atoms with Crippen LogP contribution >= 0.6 is 0 Å². The van der Waals surface area contributed by atoms with Crippen molar-refractivity contribution in [2.24, 2.45) is 0 Å². The zero-order valence-electron chi connectivity index (χ0n) is 17.6. The number of fused-ring (bicyclic) bond motifs is 3. The van der Waals surface area contributed by atoms with Crippen LogP contribution in [0.5, 0.6) is 0 Å². The number of hydrogen-bond donors (Lipinski definition) is 0. The second-order valence-corrected chi connectivity index (χ2v) is 8.33. The fourth-order valence-electron chi connectivity index (χ4n) is 4.46.